The van der Waals surface area contributed by atoms with E-state index in [1.54, 1.807) is 0 Å². The number of ether oxygens (including phenoxy) is 1. The molecule has 0 aliphatic carbocycles. The van der Waals surface area contributed by atoms with Gasteiger partial charge in [0.2, 0.25) is 29.7 Å². The van der Waals surface area contributed by atoms with Crippen molar-refractivity contribution < 1.29 is 65.7 Å². The Morgan fingerprint density at radius 2 is 1.48 bits per heavy atom. The van der Waals surface area contributed by atoms with Gasteiger partial charge < -0.3 is 58.3 Å². The molecule has 0 saturated carbocycles. The molecule has 2 heterocycles. The number of esters is 1. The van der Waals surface area contributed by atoms with Gasteiger partial charge in [-0.3, -0.25) is 38.3 Å². The summed E-state index contributed by atoms with van der Waals surface area (Å²) in [5, 5.41) is 32.9. The van der Waals surface area contributed by atoms with Gasteiger partial charge in [-0.2, -0.15) is 8.42 Å². The molecule has 25 nitrogen and oxygen atoms in total. The zero-order chi connectivity index (χ0) is 42.7. The molecule has 310 valence electrons. The second-order valence-electron chi connectivity index (χ2n) is 12.0. The van der Waals surface area contributed by atoms with Gasteiger partial charge in [0, 0.05) is 13.0 Å². The maximum Gasteiger partial charge on any atom is 0.397 e. The molecular weight excluding hydrogens is 811 g/mol. The molecule has 2 aliphatic heterocycles. The van der Waals surface area contributed by atoms with Crippen LogP contribution in [0.4, 0.5) is 0 Å². The second-order valence-corrected chi connectivity index (χ2v) is 13.9. The van der Waals surface area contributed by atoms with Gasteiger partial charge in [0.1, 0.15) is 46.3 Å². The van der Waals surface area contributed by atoms with E-state index in [0.717, 1.165) is 6.92 Å². The van der Waals surface area contributed by atoms with Gasteiger partial charge in [-0.05, 0) is 34.1 Å². The number of nitrogens with two attached hydrogens (primary N) is 2. The van der Waals surface area contributed by atoms with Gasteiger partial charge >= 0.3 is 22.3 Å². The third kappa shape index (κ3) is 14.1. The predicted molar refractivity (Wildman–Crippen MR) is 200 cm³/mol. The van der Waals surface area contributed by atoms with Crippen LogP contribution in [0.2, 0.25) is 0 Å². The van der Waals surface area contributed by atoms with E-state index in [0.29, 0.717) is 0 Å². The van der Waals surface area contributed by atoms with Gasteiger partial charge in [-0.25, -0.2) is 19.0 Å². The number of thiocarbonyl (C=S) groups is 2. The summed E-state index contributed by atoms with van der Waals surface area (Å²) in [6.45, 7) is 3.89. The fourth-order valence-electron chi connectivity index (χ4n) is 4.45. The van der Waals surface area contributed by atoms with E-state index < -0.39 is 118 Å². The first-order valence-corrected chi connectivity index (χ1v) is 18.4. The van der Waals surface area contributed by atoms with Gasteiger partial charge in [-0.15, -0.1) is 0 Å². The Kier molecular flexibility index (Phi) is 17.2. The monoisotopic (exact) mass is 851 g/mol. The van der Waals surface area contributed by atoms with E-state index >= 15 is 0 Å². The molecule has 8 unspecified atom stereocenters. The van der Waals surface area contributed by atoms with Crippen LogP contribution < -0.4 is 43.4 Å². The number of hydrogen-bond acceptors (Lipinski definition) is 17. The Labute approximate surface area is 329 Å². The molecule has 8 atom stereocenters. The molecule has 2 aliphatic rings. The Morgan fingerprint density at radius 1 is 0.911 bits per heavy atom. The lowest BCUT2D eigenvalue weighted by atomic mass is 10.1. The molecule has 0 saturated heterocycles. The molecule has 0 aromatic rings. The summed E-state index contributed by atoms with van der Waals surface area (Å²) in [6, 6.07) is -10.4. The van der Waals surface area contributed by atoms with Gasteiger partial charge in [0.25, 0.3) is 5.91 Å². The van der Waals surface area contributed by atoms with Crippen LogP contribution >= 0.6 is 24.4 Å². The molecule has 2 rings (SSSR count). The molecule has 0 aromatic carbocycles. The van der Waals surface area contributed by atoms with Crippen LogP contribution in [0, 0.1) is 0 Å². The van der Waals surface area contributed by atoms with Crippen LogP contribution in [0.1, 0.15) is 40.5 Å². The molecular formula is C28H41N11O14S3. The third-order valence-electron chi connectivity index (χ3n) is 7.41. The number of aliphatic hydroxyl groups is 1. The third-order valence-corrected chi connectivity index (χ3v) is 8.63. The minimum Gasteiger partial charge on any atom is -0.480 e. The second kappa shape index (κ2) is 20.6. The smallest absolute Gasteiger partial charge is 0.397 e. The molecule has 0 spiro atoms. The number of cyclic esters (lactones) is 1. The number of aliphatic imine (C=N–C) groups is 3. The quantitative estimate of drug-likeness (QED) is 0.0128. The van der Waals surface area contributed by atoms with Crippen molar-refractivity contribution in [3.63, 3.8) is 0 Å². The van der Waals surface area contributed by atoms with Crippen LogP contribution in [0.5, 0.6) is 0 Å². The van der Waals surface area contributed by atoms with Crippen LogP contribution in [0.3, 0.4) is 0 Å². The van der Waals surface area contributed by atoms with Crippen molar-refractivity contribution in [2.24, 2.45) is 26.4 Å². The lowest BCUT2D eigenvalue weighted by Gasteiger charge is -2.26. The van der Waals surface area contributed by atoms with Gasteiger partial charge in [0.05, 0.1) is 6.61 Å². The number of nitrogens with one attached hydrogen (secondary N) is 6. The lowest BCUT2D eigenvalue weighted by molar-refractivity contribution is -0.141. The number of ketones is 1. The first-order valence-electron chi connectivity index (χ1n) is 16.2. The summed E-state index contributed by atoms with van der Waals surface area (Å²) < 4.78 is 41.9. The van der Waals surface area contributed by atoms with E-state index in [1.165, 1.54) is 20.8 Å². The summed E-state index contributed by atoms with van der Waals surface area (Å²) in [4.78, 5) is 98.3. The number of carbonyl (C=O) groups is 7. The number of Topliss-reactive ketones (excluding diaryl/α,β-unsaturated/α-hetero) is 1. The summed E-state index contributed by atoms with van der Waals surface area (Å²) in [7, 11) is -5.19. The van der Waals surface area contributed by atoms with Crippen LogP contribution in [0.25, 0.3) is 0 Å². The number of carboxylic acid groups (broad SMARTS) is 1. The zero-order valence-electron chi connectivity index (χ0n) is 30.0. The number of hydrogen-bond donors (Lipinski definition) is 11. The van der Waals surface area contributed by atoms with Crippen LogP contribution in [0.15, 0.2) is 15.0 Å². The molecule has 0 bridgehead atoms. The van der Waals surface area contributed by atoms with E-state index in [1.807, 2.05) is 0 Å². The molecule has 56 heavy (non-hydrogen) atoms. The van der Waals surface area contributed by atoms with Crippen molar-refractivity contribution >= 4 is 104 Å². The highest BCUT2D eigenvalue weighted by atomic mass is 32.3. The first-order chi connectivity index (χ1) is 25.9. The normalized spacial score (nSPS) is 19.5. The van der Waals surface area contributed by atoms with Crippen LogP contribution in [-0.2, 0) is 52.9 Å². The average Bonchev–Trinajstić information content (AvgIpc) is 3.68. The first kappa shape index (κ1) is 46.9. The van der Waals surface area contributed by atoms with Crippen LogP contribution in [-0.4, -0.2) is 154 Å². The van der Waals surface area contributed by atoms with Crippen molar-refractivity contribution in [3.05, 3.63) is 0 Å². The summed E-state index contributed by atoms with van der Waals surface area (Å²) in [5.74, 6) is -7.88. The zero-order valence-corrected chi connectivity index (χ0v) is 32.5. The average molecular weight is 852 g/mol. The van der Waals surface area contributed by atoms with Gasteiger partial charge in [-0.1, -0.05) is 24.4 Å². The summed E-state index contributed by atoms with van der Waals surface area (Å²) in [6.07, 6.45) is -1.55. The Hall–Kier alpha value is -5.29. The number of guanidine groups is 1. The number of nitrogens with zero attached hydrogens (tertiary/aromatic N) is 3. The number of carboxylic acids is 1. The molecule has 4 amide bonds. The molecule has 0 aromatic heterocycles. The molecule has 28 heteroatoms. The highest BCUT2D eigenvalue weighted by Crippen LogP contribution is 2.16. The fraction of sp³-hybridized carbons (Fsp3) is 0.571. The lowest BCUT2D eigenvalue weighted by Crippen LogP contribution is -2.58. The molecule has 0 fully saturated rings. The number of carbonyl (C=O) groups excluding carboxylic acids is 6. The predicted octanol–water partition coefficient (Wildman–Crippen LogP) is -5.80. The highest BCUT2D eigenvalue weighted by molar-refractivity contribution is 7.81. The highest BCUT2D eigenvalue weighted by Gasteiger charge is 2.42. The minimum absolute atomic E-state index is 0.0504. The maximum absolute atomic E-state index is 13.3. The van der Waals surface area contributed by atoms with E-state index in [4.69, 9.17) is 45.7 Å². The number of aliphatic hydroxyl groups excluding tert-OH is 1. The maximum atomic E-state index is 13.3. The van der Waals surface area contributed by atoms with Crippen molar-refractivity contribution in [1.29, 1.82) is 0 Å². The van der Waals surface area contributed by atoms with Crippen molar-refractivity contribution in [2.45, 2.75) is 88.9 Å². The fourth-order valence-corrected chi connectivity index (χ4v) is 5.61. The summed E-state index contributed by atoms with van der Waals surface area (Å²) >= 11 is 10.4. The largest absolute Gasteiger partial charge is 0.480 e. The standard InChI is InChI=1S/C28H41N11O14S3/c1-9(19(42)32-11(3)26(46)47)34-25(55)17-27(48)52-23(38-17)15(12(4)53-56(49,50)51)37-21(44)13(8-40)35-20(43)10(2)33-24(54)16-22(45)39-18(36-16)14(41)6-5-7-31-28(29)30/h9-13,15-17,40H,5-8H2,1-4H3,(H,32,42)(H,33,54)(H,34,55)(H,35,43)(H,37,44)(H,46,47)(H4,29,30,31)(H,36,39,45)(H,49,50,51). The van der Waals surface area contributed by atoms with Crippen molar-refractivity contribution in [3.8, 4) is 0 Å². The minimum atomic E-state index is -5.19. The van der Waals surface area contributed by atoms with Crippen molar-refractivity contribution in [1.82, 2.24) is 31.9 Å². The van der Waals surface area contributed by atoms with E-state index in [2.05, 4.69) is 51.1 Å². The molecule has 0 radical (unpaired) electrons. The Morgan fingerprint density at radius 3 is 2.02 bits per heavy atom. The number of rotatable bonds is 21. The number of amidine groups is 1. The van der Waals surface area contributed by atoms with E-state index in [-0.39, 0.29) is 36.2 Å². The Bertz CT molecular complexity index is 1820. The van der Waals surface area contributed by atoms with E-state index in [9.17, 15) is 51.6 Å². The number of aliphatic carboxylic acids is 1. The SMILES string of the molecule is CC(NC(=O)C(C)NC(=S)C1N=C(C(NC(=O)C(CO)NC(=O)C(C)NC(=S)C2N=C(C(=O)CCCN=C(N)N)NC2=O)C(C)OS(=O)(=O)O)OC1=O)C(=O)O. The Balaban J connectivity index is 2.15. The number of amides is 4. The van der Waals surface area contributed by atoms with Crippen molar-refractivity contribution in [2.75, 3.05) is 13.2 Å². The molecule has 13 N–H and O–H groups in total. The van der Waals surface area contributed by atoms with Gasteiger partial charge in [0.15, 0.2) is 23.6 Å². The summed E-state index contributed by atoms with van der Waals surface area (Å²) in [5.41, 5.74) is 10.5. The topological polar surface area (TPSA) is 394 Å².